The normalized spacial score (nSPS) is 11.3. The molecule has 5 heteroatoms. The highest BCUT2D eigenvalue weighted by molar-refractivity contribution is 7.80. The van der Waals surface area contributed by atoms with Gasteiger partial charge in [-0.05, 0) is 13.8 Å². The highest BCUT2D eigenvalue weighted by atomic mass is 32.1. The molecule has 0 atom stereocenters. The Bertz CT molecular complexity index is 189. The summed E-state index contributed by atoms with van der Waals surface area (Å²) in [7, 11) is 1.70. The Labute approximate surface area is 104 Å². The molecule has 0 saturated carbocycles. The average Bonchev–Trinajstić information content (AvgIpc) is 2.20. The maximum atomic E-state index is 5.51. The molecule has 0 spiro atoms. The largest absolute Gasteiger partial charge is 0.393 e. The van der Waals surface area contributed by atoms with Crippen LogP contribution in [-0.2, 0) is 9.47 Å². The van der Waals surface area contributed by atoms with E-state index in [-0.39, 0.29) is 6.10 Å². The summed E-state index contributed by atoms with van der Waals surface area (Å²) in [6.45, 7) is 8.19. The van der Waals surface area contributed by atoms with Gasteiger partial charge in [-0.15, -0.1) is 0 Å². The highest BCUT2D eigenvalue weighted by Crippen LogP contribution is 1.95. The second-order valence-corrected chi connectivity index (χ2v) is 4.49. The van der Waals surface area contributed by atoms with Crippen LogP contribution in [0.5, 0.6) is 0 Å². The summed E-state index contributed by atoms with van der Waals surface area (Å²) in [5, 5.41) is 0. The Kier molecular flexibility index (Phi) is 9.82. The summed E-state index contributed by atoms with van der Waals surface area (Å²) < 4.78 is 10.6. The Morgan fingerprint density at radius 2 is 1.88 bits per heavy atom. The van der Waals surface area contributed by atoms with Crippen molar-refractivity contribution in [3.05, 3.63) is 0 Å². The van der Waals surface area contributed by atoms with Crippen molar-refractivity contribution < 1.29 is 9.47 Å². The van der Waals surface area contributed by atoms with E-state index in [0.717, 1.165) is 39.3 Å². The fourth-order valence-corrected chi connectivity index (χ4v) is 1.33. The van der Waals surface area contributed by atoms with E-state index >= 15 is 0 Å². The van der Waals surface area contributed by atoms with Crippen molar-refractivity contribution in [3.8, 4) is 0 Å². The minimum absolute atomic E-state index is 0.278. The van der Waals surface area contributed by atoms with Crippen LogP contribution in [0.15, 0.2) is 0 Å². The highest BCUT2D eigenvalue weighted by Gasteiger charge is 2.05. The van der Waals surface area contributed by atoms with E-state index in [1.54, 1.807) is 7.11 Å². The Balaban J connectivity index is 3.75. The van der Waals surface area contributed by atoms with E-state index in [0.29, 0.717) is 4.99 Å². The lowest BCUT2D eigenvalue weighted by Gasteiger charge is -2.22. The summed E-state index contributed by atoms with van der Waals surface area (Å²) in [5.74, 6) is 0. The molecule has 16 heavy (non-hydrogen) atoms. The molecule has 0 fully saturated rings. The van der Waals surface area contributed by atoms with Crippen molar-refractivity contribution in [2.75, 3.05) is 40.0 Å². The van der Waals surface area contributed by atoms with Gasteiger partial charge in [-0.1, -0.05) is 12.2 Å². The third-order valence-corrected chi connectivity index (χ3v) is 2.35. The lowest BCUT2D eigenvalue weighted by Crippen LogP contribution is -2.34. The summed E-state index contributed by atoms with van der Waals surface area (Å²) >= 11 is 4.87. The van der Waals surface area contributed by atoms with Crippen molar-refractivity contribution in [1.82, 2.24) is 4.90 Å². The van der Waals surface area contributed by atoms with Crippen LogP contribution in [0.1, 0.15) is 20.3 Å². The van der Waals surface area contributed by atoms with Crippen LogP contribution in [0, 0.1) is 0 Å². The fourth-order valence-electron chi connectivity index (χ4n) is 1.24. The Hall–Kier alpha value is -0.230. The lowest BCUT2D eigenvalue weighted by atomic mass is 10.3. The monoisotopic (exact) mass is 248 g/mol. The molecule has 2 N–H and O–H groups in total. The zero-order chi connectivity index (χ0) is 12.4. The average molecular weight is 248 g/mol. The van der Waals surface area contributed by atoms with Gasteiger partial charge in [0.25, 0.3) is 0 Å². The molecule has 0 aromatic heterocycles. The third kappa shape index (κ3) is 10.3. The first-order valence-electron chi connectivity index (χ1n) is 5.67. The van der Waals surface area contributed by atoms with Crippen molar-refractivity contribution in [3.63, 3.8) is 0 Å². The zero-order valence-electron chi connectivity index (χ0n) is 10.6. The van der Waals surface area contributed by atoms with Gasteiger partial charge in [-0.2, -0.15) is 0 Å². The van der Waals surface area contributed by atoms with Crippen LogP contribution in [0.25, 0.3) is 0 Å². The van der Waals surface area contributed by atoms with Gasteiger partial charge in [-0.3, -0.25) is 4.90 Å². The lowest BCUT2D eigenvalue weighted by molar-refractivity contribution is 0.0531. The molecule has 0 radical (unpaired) electrons. The Morgan fingerprint density at radius 1 is 1.25 bits per heavy atom. The molecule has 96 valence electrons. The summed E-state index contributed by atoms with van der Waals surface area (Å²) in [6.07, 6.45) is 1.03. The smallest absolute Gasteiger partial charge is 0.0740 e. The molecule has 4 nitrogen and oxygen atoms in total. The number of thiocarbonyl (C=S) groups is 1. The number of hydrogen-bond donors (Lipinski definition) is 1. The maximum absolute atomic E-state index is 5.51. The predicted octanol–water partition coefficient (Wildman–Crippen LogP) is 1.04. The molecule has 0 aliphatic heterocycles. The van der Waals surface area contributed by atoms with Crippen molar-refractivity contribution in [2.45, 2.75) is 26.4 Å². The molecule has 0 amide bonds. The summed E-state index contributed by atoms with van der Waals surface area (Å²) in [5.41, 5.74) is 5.49. The van der Waals surface area contributed by atoms with E-state index in [9.17, 15) is 0 Å². The SMILES string of the molecule is COCCN(CCOC(C)C)CCC(N)=S. The molecule has 0 aliphatic rings. The molecule has 0 rings (SSSR count). The second kappa shape index (κ2) is 9.96. The van der Waals surface area contributed by atoms with Gasteiger partial charge in [0.2, 0.25) is 0 Å². The van der Waals surface area contributed by atoms with E-state index in [1.165, 1.54) is 0 Å². The fraction of sp³-hybridized carbons (Fsp3) is 0.909. The van der Waals surface area contributed by atoms with Gasteiger partial charge in [-0.25, -0.2) is 0 Å². The van der Waals surface area contributed by atoms with Crippen LogP contribution in [0.3, 0.4) is 0 Å². The Morgan fingerprint density at radius 3 is 2.38 bits per heavy atom. The zero-order valence-corrected chi connectivity index (χ0v) is 11.4. The number of nitrogens with two attached hydrogens (primary N) is 1. The van der Waals surface area contributed by atoms with Gasteiger partial charge in [0.15, 0.2) is 0 Å². The van der Waals surface area contributed by atoms with E-state index < -0.39 is 0 Å². The minimum atomic E-state index is 0.278. The summed E-state index contributed by atoms with van der Waals surface area (Å²) in [4.78, 5) is 2.82. The predicted molar refractivity (Wildman–Crippen MR) is 70.8 cm³/mol. The van der Waals surface area contributed by atoms with Crippen LogP contribution >= 0.6 is 12.2 Å². The number of rotatable bonds is 10. The van der Waals surface area contributed by atoms with Crippen molar-refractivity contribution >= 4 is 17.2 Å². The molecule has 0 aliphatic carbocycles. The van der Waals surface area contributed by atoms with Crippen LogP contribution in [-0.4, -0.2) is 56.0 Å². The minimum Gasteiger partial charge on any atom is -0.393 e. The number of nitrogens with zero attached hydrogens (tertiary/aromatic N) is 1. The second-order valence-electron chi connectivity index (χ2n) is 3.97. The quantitative estimate of drug-likeness (QED) is 0.585. The van der Waals surface area contributed by atoms with E-state index in [1.807, 2.05) is 13.8 Å². The standard InChI is InChI=1S/C11H24N2O2S/c1-10(2)15-9-7-13(6-8-14-3)5-4-11(12)16/h10H,4-9H2,1-3H3,(H2,12,16). The molecule has 0 saturated heterocycles. The molecule has 0 bridgehead atoms. The molecule has 0 unspecified atom stereocenters. The number of methoxy groups -OCH3 is 1. The van der Waals surface area contributed by atoms with Crippen LogP contribution < -0.4 is 5.73 Å². The van der Waals surface area contributed by atoms with Crippen LogP contribution in [0.4, 0.5) is 0 Å². The third-order valence-electron chi connectivity index (χ3n) is 2.14. The molecular weight excluding hydrogens is 224 g/mol. The van der Waals surface area contributed by atoms with Crippen molar-refractivity contribution in [1.29, 1.82) is 0 Å². The molecule has 0 aromatic carbocycles. The summed E-state index contributed by atoms with van der Waals surface area (Å²) in [6, 6.07) is 0. The van der Waals surface area contributed by atoms with E-state index in [2.05, 4.69) is 4.90 Å². The molecular formula is C11H24N2O2S. The first-order chi connectivity index (χ1) is 7.56. The number of ether oxygens (including phenoxy) is 2. The molecule has 0 aromatic rings. The van der Waals surface area contributed by atoms with E-state index in [4.69, 9.17) is 27.4 Å². The van der Waals surface area contributed by atoms with Gasteiger partial charge in [0, 0.05) is 33.2 Å². The van der Waals surface area contributed by atoms with Crippen molar-refractivity contribution in [2.24, 2.45) is 5.73 Å². The van der Waals surface area contributed by atoms with Gasteiger partial charge >= 0.3 is 0 Å². The van der Waals surface area contributed by atoms with Crippen LogP contribution in [0.2, 0.25) is 0 Å². The first kappa shape index (κ1) is 15.8. The first-order valence-corrected chi connectivity index (χ1v) is 6.08. The van der Waals surface area contributed by atoms with Gasteiger partial charge < -0.3 is 15.2 Å². The maximum Gasteiger partial charge on any atom is 0.0740 e. The van der Waals surface area contributed by atoms with Gasteiger partial charge in [0.05, 0.1) is 24.3 Å². The molecule has 0 heterocycles. The van der Waals surface area contributed by atoms with Gasteiger partial charge in [0.1, 0.15) is 0 Å². The topological polar surface area (TPSA) is 47.7 Å². The number of hydrogen-bond acceptors (Lipinski definition) is 4.